The van der Waals surface area contributed by atoms with Gasteiger partial charge in [0.05, 0.1) is 32.4 Å². The molecule has 2 aliphatic heterocycles. The zero-order valence-corrected chi connectivity index (χ0v) is 15.6. The first kappa shape index (κ1) is 19.1. The van der Waals surface area contributed by atoms with Gasteiger partial charge in [0.25, 0.3) is 0 Å². The number of nitrogens with zero attached hydrogens (tertiary/aromatic N) is 5. The third-order valence-electron chi connectivity index (χ3n) is 3.50. The number of hydrogen-bond donors (Lipinski definition) is 0. The second-order valence-corrected chi connectivity index (χ2v) is 5.08. The van der Waals surface area contributed by atoms with E-state index in [1.54, 1.807) is 0 Å². The number of carbonyl (C=O) groups excluding carboxylic acids is 1. The number of aliphatic carboxylic acids is 1. The van der Waals surface area contributed by atoms with Crippen LogP contribution in [0.3, 0.4) is 0 Å². The summed E-state index contributed by atoms with van der Waals surface area (Å²) in [6.45, 7) is 4.40. The second-order valence-electron chi connectivity index (χ2n) is 5.08. The van der Waals surface area contributed by atoms with Gasteiger partial charge in [0.2, 0.25) is 11.9 Å². The van der Waals surface area contributed by atoms with Crippen molar-refractivity contribution in [2.24, 2.45) is 0 Å². The fraction of sp³-hybridized carbons (Fsp3) is 0.692. The number of carboxylic acid groups (broad SMARTS) is 1. The fourth-order valence-corrected chi connectivity index (χ4v) is 2.33. The largest absolute Gasteiger partial charge is 1.00 e. The fourth-order valence-electron chi connectivity index (χ4n) is 2.33. The Labute approximate surface area is 161 Å². The minimum absolute atomic E-state index is 0. The van der Waals surface area contributed by atoms with Gasteiger partial charge in [-0.05, 0) is 0 Å². The molecule has 0 radical (unpaired) electrons. The molecule has 0 amide bonds. The van der Waals surface area contributed by atoms with Gasteiger partial charge in [-0.3, -0.25) is 0 Å². The van der Waals surface area contributed by atoms with Gasteiger partial charge in [0.15, 0.2) is 0 Å². The number of carbonyl (C=O) groups is 1. The number of anilines is 2. The van der Waals surface area contributed by atoms with Crippen LogP contribution in [0.15, 0.2) is 0 Å². The van der Waals surface area contributed by atoms with Gasteiger partial charge in [-0.25, -0.2) is 0 Å². The van der Waals surface area contributed by atoms with Crippen molar-refractivity contribution >= 4 is 17.9 Å². The van der Waals surface area contributed by atoms with E-state index in [9.17, 15) is 9.90 Å². The predicted octanol–water partition coefficient (Wildman–Crippen LogP) is -5.32. The van der Waals surface area contributed by atoms with Crippen LogP contribution in [0.5, 0.6) is 6.01 Å². The summed E-state index contributed by atoms with van der Waals surface area (Å²) in [7, 11) is 0. The molecule has 10 nitrogen and oxygen atoms in total. The Morgan fingerprint density at radius 3 is 1.83 bits per heavy atom. The van der Waals surface area contributed by atoms with Crippen LogP contribution in [-0.2, 0) is 14.3 Å². The molecule has 0 unspecified atom stereocenters. The normalized spacial score (nSPS) is 18.0. The van der Waals surface area contributed by atoms with Gasteiger partial charge in [-0.1, -0.05) is 0 Å². The molecular formula is C13H18N5NaO5. The minimum atomic E-state index is -1.33. The van der Waals surface area contributed by atoms with Crippen LogP contribution in [-0.4, -0.2) is 80.1 Å². The summed E-state index contributed by atoms with van der Waals surface area (Å²) in [4.78, 5) is 27.4. The average molecular weight is 347 g/mol. The third-order valence-corrected chi connectivity index (χ3v) is 3.50. The SMILES string of the molecule is O=C([O-])COc1nc(N2CCOCC2)nc(N2CCOCC2)n1.[Na+]. The Balaban J connectivity index is 0.00000208. The van der Waals surface area contributed by atoms with Crippen LogP contribution in [0.2, 0.25) is 0 Å². The smallest absolute Gasteiger partial charge is 0.546 e. The van der Waals surface area contributed by atoms with Gasteiger partial charge in [-0.15, -0.1) is 0 Å². The second kappa shape index (κ2) is 9.33. The maximum Gasteiger partial charge on any atom is 1.00 e. The Kier molecular flexibility index (Phi) is 7.43. The maximum absolute atomic E-state index is 10.6. The van der Waals surface area contributed by atoms with E-state index in [1.807, 2.05) is 9.80 Å². The molecule has 1 aromatic rings. The number of aromatic nitrogens is 3. The molecule has 2 aliphatic rings. The van der Waals surface area contributed by atoms with Crippen LogP contribution in [0.1, 0.15) is 0 Å². The van der Waals surface area contributed by atoms with Crippen molar-refractivity contribution in [3.8, 4) is 6.01 Å². The Morgan fingerprint density at radius 2 is 1.42 bits per heavy atom. The molecule has 126 valence electrons. The molecule has 0 atom stereocenters. The van der Waals surface area contributed by atoms with Crippen molar-refractivity contribution in [2.75, 3.05) is 69.0 Å². The Morgan fingerprint density at radius 1 is 0.958 bits per heavy atom. The van der Waals surface area contributed by atoms with Crippen molar-refractivity contribution in [1.82, 2.24) is 15.0 Å². The summed E-state index contributed by atoms with van der Waals surface area (Å²) >= 11 is 0. The van der Waals surface area contributed by atoms with Crippen LogP contribution in [0.4, 0.5) is 11.9 Å². The van der Waals surface area contributed by atoms with Crippen LogP contribution < -0.4 is 49.2 Å². The monoisotopic (exact) mass is 347 g/mol. The van der Waals surface area contributed by atoms with Crippen molar-refractivity contribution in [1.29, 1.82) is 0 Å². The summed E-state index contributed by atoms with van der Waals surface area (Å²) in [5.74, 6) is -0.414. The van der Waals surface area contributed by atoms with Crippen molar-refractivity contribution in [2.45, 2.75) is 0 Å². The molecule has 0 saturated carbocycles. The Hall–Kier alpha value is -1.20. The summed E-state index contributed by atoms with van der Waals surface area (Å²) in [5.41, 5.74) is 0. The molecule has 0 aromatic carbocycles. The zero-order valence-electron chi connectivity index (χ0n) is 13.6. The van der Waals surface area contributed by atoms with Crippen LogP contribution in [0, 0.1) is 0 Å². The zero-order chi connectivity index (χ0) is 16.1. The standard InChI is InChI=1S/C13H19N5O5.Na/c19-10(20)9-23-13-15-11(17-1-5-21-6-2-17)14-12(16-13)18-3-7-22-8-4-18;/h1-9H2,(H,19,20);/q;+1/p-1. The molecule has 2 saturated heterocycles. The number of ether oxygens (including phenoxy) is 3. The number of morpholine rings is 2. The summed E-state index contributed by atoms with van der Waals surface area (Å²) in [6, 6.07) is -0.0211. The summed E-state index contributed by atoms with van der Waals surface area (Å²) in [6.07, 6.45) is 0. The average Bonchev–Trinajstić information content (AvgIpc) is 2.61. The molecule has 1 aromatic heterocycles. The summed E-state index contributed by atoms with van der Waals surface area (Å²) in [5, 5.41) is 10.6. The van der Waals surface area contributed by atoms with Gasteiger partial charge < -0.3 is 33.9 Å². The topological polar surface area (TPSA) is 113 Å². The molecular weight excluding hydrogens is 329 g/mol. The maximum atomic E-state index is 10.6. The van der Waals surface area contributed by atoms with Gasteiger partial charge in [0.1, 0.15) is 6.61 Å². The number of carboxylic acids is 1. The predicted molar refractivity (Wildman–Crippen MR) is 76.4 cm³/mol. The van der Waals surface area contributed by atoms with E-state index < -0.39 is 12.6 Å². The van der Waals surface area contributed by atoms with Crippen molar-refractivity contribution < 1.29 is 53.7 Å². The molecule has 0 aliphatic carbocycles. The molecule has 3 heterocycles. The van der Waals surface area contributed by atoms with Gasteiger partial charge in [-0.2, -0.15) is 15.0 Å². The minimum Gasteiger partial charge on any atom is -0.546 e. The first-order valence-electron chi connectivity index (χ1n) is 7.46. The quantitative estimate of drug-likeness (QED) is 0.479. The molecule has 0 N–H and O–H groups in total. The van der Waals surface area contributed by atoms with Gasteiger partial charge >= 0.3 is 35.6 Å². The van der Waals surface area contributed by atoms with Gasteiger partial charge in [0, 0.05) is 26.2 Å². The van der Waals surface area contributed by atoms with E-state index in [0.717, 1.165) is 0 Å². The number of rotatable bonds is 5. The third kappa shape index (κ3) is 5.15. The van der Waals surface area contributed by atoms with Crippen molar-refractivity contribution in [3.05, 3.63) is 0 Å². The van der Waals surface area contributed by atoms with E-state index in [4.69, 9.17) is 14.2 Å². The first-order chi connectivity index (χ1) is 11.2. The van der Waals surface area contributed by atoms with E-state index >= 15 is 0 Å². The molecule has 0 spiro atoms. The van der Waals surface area contributed by atoms with Crippen LogP contribution >= 0.6 is 0 Å². The summed E-state index contributed by atoms with van der Waals surface area (Å²) < 4.78 is 15.7. The number of hydrogen-bond acceptors (Lipinski definition) is 10. The molecule has 0 bridgehead atoms. The van der Waals surface area contributed by atoms with E-state index in [0.29, 0.717) is 64.5 Å². The van der Waals surface area contributed by atoms with Crippen LogP contribution in [0.25, 0.3) is 0 Å². The van der Waals surface area contributed by atoms with E-state index in [2.05, 4.69) is 15.0 Å². The van der Waals surface area contributed by atoms with E-state index in [-0.39, 0.29) is 35.6 Å². The van der Waals surface area contributed by atoms with Crippen molar-refractivity contribution in [3.63, 3.8) is 0 Å². The molecule has 11 heteroatoms. The molecule has 24 heavy (non-hydrogen) atoms. The van der Waals surface area contributed by atoms with E-state index in [1.165, 1.54) is 0 Å². The Bertz CT molecular complexity index is 515. The molecule has 2 fully saturated rings. The first-order valence-corrected chi connectivity index (χ1v) is 7.46. The molecule has 3 rings (SSSR count).